The van der Waals surface area contributed by atoms with E-state index in [1.54, 1.807) is 7.11 Å². The van der Waals surface area contributed by atoms with Crippen LogP contribution in [-0.2, 0) is 4.74 Å². The van der Waals surface area contributed by atoms with Crippen molar-refractivity contribution < 1.29 is 14.3 Å². The minimum absolute atomic E-state index is 0.237. The molecule has 0 saturated carbocycles. The van der Waals surface area contributed by atoms with E-state index in [-0.39, 0.29) is 5.97 Å². The number of carbonyl (C=O) groups excluding carboxylic acids is 1. The quantitative estimate of drug-likeness (QED) is 0.785. The molecule has 0 unspecified atom stereocenters. The molecule has 1 fully saturated rings. The SMILES string of the molecule is COc1ccc2cc(C(=O)OCCN3CCN(C)CC3)sc2c1. The van der Waals surface area contributed by atoms with Crippen LogP contribution < -0.4 is 4.74 Å². The van der Waals surface area contributed by atoms with Crippen molar-refractivity contribution in [1.82, 2.24) is 9.80 Å². The van der Waals surface area contributed by atoms with Gasteiger partial charge in [-0.1, -0.05) is 0 Å². The minimum Gasteiger partial charge on any atom is -0.497 e. The van der Waals surface area contributed by atoms with Crippen molar-refractivity contribution in [2.75, 3.05) is 53.5 Å². The standard InChI is InChI=1S/C17H22N2O3S/c1-18-5-7-19(8-6-18)9-10-22-17(20)16-11-13-3-4-14(21-2)12-15(13)23-16/h3-4,11-12H,5-10H2,1-2H3. The highest BCUT2D eigenvalue weighted by Crippen LogP contribution is 2.29. The monoisotopic (exact) mass is 334 g/mol. The lowest BCUT2D eigenvalue weighted by atomic mass is 10.2. The molecule has 6 heteroatoms. The van der Waals surface area contributed by atoms with Crippen molar-refractivity contribution in [1.29, 1.82) is 0 Å². The Morgan fingerprint density at radius 1 is 1.22 bits per heavy atom. The highest BCUT2D eigenvalue weighted by molar-refractivity contribution is 7.20. The van der Waals surface area contributed by atoms with Crippen LogP contribution in [0, 0.1) is 0 Å². The molecule has 0 atom stereocenters. The van der Waals surface area contributed by atoms with E-state index in [1.165, 1.54) is 11.3 Å². The van der Waals surface area contributed by atoms with Crippen LogP contribution in [0.2, 0.25) is 0 Å². The van der Waals surface area contributed by atoms with Gasteiger partial charge in [-0.2, -0.15) is 0 Å². The molecule has 0 radical (unpaired) electrons. The summed E-state index contributed by atoms with van der Waals surface area (Å²) in [6.45, 7) is 5.48. The molecular formula is C17H22N2O3S. The Kier molecular flexibility index (Phi) is 5.15. The van der Waals surface area contributed by atoms with Crippen molar-refractivity contribution in [3.63, 3.8) is 0 Å². The number of likely N-dealkylation sites (N-methyl/N-ethyl adjacent to an activating group) is 1. The molecule has 1 aliphatic heterocycles. The molecule has 1 saturated heterocycles. The summed E-state index contributed by atoms with van der Waals surface area (Å²) in [6, 6.07) is 7.70. The lowest BCUT2D eigenvalue weighted by Gasteiger charge is -2.31. The van der Waals surface area contributed by atoms with Crippen LogP contribution in [0.3, 0.4) is 0 Å². The first-order valence-corrected chi connectivity index (χ1v) is 8.63. The number of thiophene rings is 1. The first-order chi connectivity index (χ1) is 11.2. The van der Waals surface area contributed by atoms with E-state index < -0.39 is 0 Å². The lowest BCUT2D eigenvalue weighted by Crippen LogP contribution is -2.45. The topological polar surface area (TPSA) is 42.0 Å². The first-order valence-electron chi connectivity index (χ1n) is 7.81. The Morgan fingerprint density at radius 2 is 2.00 bits per heavy atom. The highest BCUT2D eigenvalue weighted by atomic mass is 32.1. The Hall–Kier alpha value is -1.63. The smallest absolute Gasteiger partial charge is 0.348 e. The van der Waals surface area contributed by atoms with Crippen molar-refractivity contribution in [2.45, 2.75) is 0 Å². The second kappa shape index (κ2) is 7.29. The molecule has 124 valence electrons. The molecule has 0 N–H and O–H groups in total. The molecule has 23 heavy (non-hydrogen) atoms. The number of methoxy groups -OCH3 is 1. The number of nitrogens with zero attached hydrogens (tertiary/aromatic N) is 2. The Bertz CT molecular complexity index is 678. The molecule has 3 rings (SSSR count). The average Bonchev–Trinajstić information content (AvgIpc) is 2.99. The van der Waals surface area contributed by atoms with Crippen LogP contribution in [-0.4, -0.2) is 69.3 Å². The average molecular weight is 334 g/mol. The number of piperazine rings is 1. The molecule has 0 bridgehead atoms. The van der Waals surface area contributed by atoms with E-state index >= 15 is 0 Å². The van der Waals surface area contributed by atoms with Crippen LogP contribution in [0.5, 0.6) is 5.75 Å². The van der Waals surface area contributed by atoms with Gasteiger partial charge in [-0.25, -0.2) is 4.79 Å². The van der Waals surface area contributed by atoms with E-state index in [0.29, 0.717) is 11.5 Å². The predicted octanol–water partition coefficient (Wildman–Crippen LogP) is 2.31. The summed E-state index contributed by atoms with van der Waals surface area (Å²) < 4.78 is 11.7. The fraction of sp³-hybridized carbons (Fsp3) is 0.471. The fourth-order valence-electron chi connectivity index (χ4n) is 2.65. The van der Waals surface area contributed by atoms with Gasteiger partial charge in [0.15, 0.2) is 0 Å². The van der Waals surface area contributed by atoms with Gasteiger partial charge in [-0.15, -0.1) is 11.3 Å². The summed E-state index contributed by atoms with van der Waals surface area (Å²) in [6.07, 6.45) is 0. The number of hydrogen-bond acceptors (Lipinski definition) is 6. The minimum atomic E-state index is -0.237. The molecule has 0 spiro atoms. The predicted molar refractivity (Wildman–Crippen MR) is 92.6 cm³/mol. The highest BCUT2D eigenvalue weighted by Gasteiger charge is 2.15. The molecule has 0 aliphatic carbocycles. The van der Waals surface area contributed by atoms with Crippen molar-refractivity contribution in [3.05, 3.63) is 29.1 Å². The largest absolute Gasteiger partial charge is 0.497 e. The van der Waals surface area contributed by atoms with E-state index in [1.807, 2.05) is 24.3 Å². The fourth-order valence-corrected chi connectivity index (χ4v) is 3.63. The lowest BCUT2D eigenvalue weighted by molar-refractivity contribution is 0.0438. The summed E-state index contributed by atoms with van der Waals surface area (Å²) in [4.78, 5) is 17.5. The third kappa shape index (κ3) is 4.02. The number of benzene rings is 1. The van der Waals surface area contributed by atoms with Crippen LogP contribution in [0.4, 0.5) is 0 Å². The van der Waals surface area contributed by atoms with Crippen molar-refractivity contribution in [2.24, 2.45) is 0 Å². The Labute approximate surface area is 140 Å². The van der Waals surface area contributed by atoms with Gasteiger partial charge in [0.25, 0.3) is 0 Å². The third-order valence-electron chi connectivity index (χ3n) is 4.16. The molecule has 2 aromatic rings. The second-order valence-corrected chi connectivity index (χ2v) is 6.88. The molecule has 1 aromatic heterocycles. The van der Waals surface area contributed by atoms with Crippen LogP contribution >= 0.6 is 11.3 Å². The van der Waals surface area contributed by atoms with Crippen molar-refractivity contribution in [3.8, 4) is 5.75 Å². The van der Waals surface area contributed by atoms with Gasteiger partial charge in [0.1, 0.15) is 17.2 Å². The van der Waals surface area contributed by atoms with Crippen LogP contribution in [0.15, 0.2) is 24.3 Å². The van der Waals surface area contributed by atoms with Gasteiger partial charge in [-0.3, -0.25) is 4.90 Å². The zero-order chi connectivity index (χ0) is 16.2. The van der Waals surface area contributed by atoms with Crippen LogP contribution in [0.25, 0.3) is 10.1 Å². The van der Waals surface area contributed by atoms with E-state index in [4.69, 9.17) is 9.47 Å². The molecular weight excluding hydrogens is 312 g/mol. The van der Waals surface area contributed by atoms with Crippen molar-refractivity contribution >= 4 is 27.4 Å². The van der Waals surface area contributed by atoms with Gasteiger partial charge in [-0.05, 0) is 36.7 Å². The van der Waals surface area contributed by atoms with E-state index in [9.17, 15) is 4.79 Å². The van der Waals surface area contributed by atoms with Crippen LogP contribution in [0.1, 0.15) is 9.67 Å². The van der Waals surface area contributed by atoms with Gasteiger partial charge >= 0.3 is 5.97 Å². The number of esters is 1. The number of fused-ring (bicyclic) bond motifs is 1. The maximum Gasteiger partial charge on any atom is 0.348 e. The zero-order valence-electron chi connectivity index (χ0n) is 13.6. The van der Waals surface area contributed by atoms with E-state index in [0.717, 1.165) is 48.6 Å². The first kappa shape index (κ1) is 16.2. The normalized spacial score (nSPS) is 16.6. The maximum absolute atomic E-state index is 12.2. The van der Waals surface area contributed by atoms with Gasteiger partial charge in [0.05, 0.1) is 7.11 Å². The third-order valence-corrected chi connectivity index (χ3v) is 5.24. The number of ether oxygens (including phenoxy) is 2. The molecule has 1 aromatic carbocycles. The Morgan fingerprint density at radius 3 is 2.74 bits per heavy atom. The summed E-state index contributed by atoms with van der Waals surface area (Å²) in [5.41, 5.74) is 0. The summed E-state index contributed by atoms with van der Waals surface area (Å²) >= 11 is 1.45. The molecule has 0 amide bonds. The molecule has 5 nitrogen and oxygen atoms in total. The van der Waals surface area contributed by atoms with Gasteiger partial charge in [0, 0.05) is 37.4 Å². The zero-order valence-corrected chi connectivity index (χ0v) is 14.4. The number of carbonyl (C=O) groups is 1. The van der Waals surface area contributed by atoms with E-state index in [2.05, 4.69) is 16.8 Å². The maximum atomic E-state index is 12.2. The Balaban J connectivity index is 1.54. The molecule has 2 heterocycles. The summed E-state index contributed by atoms with van der Waals surface area (Å²) in [5.74, 6) is 0.564. The number of rotatable bonds is 5. The number of hydrogen-bond donors (Lipinski definition) is 0. The summed E-state index contributed by atoms with van der Waals surface area (Å²) in [5, 5.41) is 1.04. The second-order valence-electron chi connectivity index (χ2n) is 5.80. The summed E-state index contributed by atoms with van der Waals surface area (Å²) in [7, 11) is 3.77. The van der Waals surface area contributed by atoms with Gasteiger partial charge in [0.2, 0.25) is 0 Å². The molecule has 1 aliphatic rings. The van der Waals surface area contributed by atoms with Gasteiger partial charge < -0.3 is 14.4 Å².